The van der Waals surface area contributed by atoms with Gasteiger partial charge in [0, 0.05) is 47.7 Å². The summed E-state index contributed by atoms with van der Waals surface area (Å²) in [7, 11) is -3.55. The standard InChI is InChI=1S/C22H26ClN3O2S/c1-16-7-6-12-26(15-16)29(27,28)25-14-20(17-8-2-4-10-21(17)23)19-13-24-22-11-5-3-9-18(19)22/h2-5,8-11,13,16,20,24-25H,6-7,12,14-15H2,1H3/t16-,20+/m1/s1. The molecule has 0 unspecified atom stereocenters. The zero-order valence-electron chi connectivity index (χ0n) is 16.4. The molecule has 29 heavy (non-hydrogen) atoms. The second-order valence-corrected chi connectivity index (χ2v) is 9.99. The number of para-hydroxylation sites is 1. The van der Waals surface area contributed by atoms with Crippen molar-refractivity contribution in [1.29, 1.82) is 0 Å². The first-order chi connectivity index (χ1) is 14.0. The number of halogens is 1. The van der Waals surface area contributed by atoms with E-state index < -0.39 is 10.2 Å². The SMILES string of the molecule is C[C@@H]1CCCN(S(=O)(=O)NC[C@@H](c2ccccc2Cl)c2c[nH]c3ccccc23)C1. The predicted molar refractivity (Wildman–Crippen MR) is 118 cm³/mol. The van der Waals surface area contributed by atoms with E-state index in [9.17, 15) is 8.42 Å². The summed E-state index contributed by atoms with van der Waals surface area (Å²) in [5, 5.41) is 1.71. The molecule has 0 aliphatic carbocycles. The highest BCUT2D eigenvalue weighted by Gasteiger charge is 2.29. The van der Waals surface area contributed by atoms with E-state index >= 15 is 0 Å². The van der Waals surface area contributed by atoms with Crippen molar-refractivity contribution in [2.45, 2.75) is 25.7 Å². The molecule has 1 aromatic heterocycles. The van der Waals surface area contributed by atoms with Gasteiger partial charge in [0.05, 0.1) is 0 Å². The van der Waals surface area contributed by atoms with Crippen LogP contribution in [0.15, 0.2) is 54.7 Å². The molecule has 0 saturated carbocycles. The van der Waals surface area contributed by atoms with Crippen LogP contribution in [0.2, 0.25) is 5.02 Å². The van der Waals surface area contributed by atoms with Gasteiger partial charge in [-0.2, -0.15) is 12.7 Å². The molecule has 1 aliphatic heterocycles. The van der Waals surface area contributed by atoms with Gasteiger partial charge >= 0.3 is 0 Å². The van der Waals surface area contributed by atoms with E-state index in [-0.39, 0.29) is 12.5 Å². The maximum Gasteiger partial charge on any atom is 0.279 e. The largest absolute Gasteiger partial charge is 0.361 e. The minimum atomic E-state index is -3.55. The van der Waals surface area contributed by atoms with Gasteiger partial charge in [0.15, 0.2) is 0 Å². The van der Waals surface area contributed by atoms with Crippen molar-refractivity contribution in [2.75, 3.05) is 19.6 Å². The van der Waals surface area contributed by atoms with Crippen molar-refractivity contribution < 1.29 is 8.42 Å². The third-order valence-electron chi connectivity index (χ3n) is 5.71. The maximum absolute atomic E-state index is 13.0. The molecule has 1 aliphatic rings. The van der Waals surface area contributed by atoms with E-state index in [2.05, 4.69) is 16.6 Å². The van der Waals surface area contributed by atoms with Gasteiger partial charge in [0.25, 0.3) is 10.2 Å². The molecule has 1 saturated heterocycles. The molecule has 0 spiro atoms. The lowest BCUT2D eigenvalue weighted by Gasteiger charge is -2.30. The minimum Gasteiger partial charge on any atom is -0.361 e. The van der Waals surface area contributed by atoms with E-state index in [1.807, 2.05) is 54.7 Å². The average Bonchev–Trinajstić information content (AvgIpc) is 3.13. The van der Waals surface area contributed by atoms with Gasteiger partial charge in [0.1, 0.15) is 0 Å². The summed E-state index contributed by atoms with van der Waals surface area (Å²) >= 11 is 6.51. The second-order valence-electron chi connectivity index (χ2n) is 7.82. The van der Waals surface area contributed by atoms with Crippen LogP contribution in [-0.2, 0) is 10.2 Å². The quantitative estimate of drug-likeness (QED) is 0.602. The Kier molecular flexibility index (Phi) is 5.97. The lowest BCUT2D eigenvalue weighted by atomic mass is 9.91. The number of aromatic nitrogens is 1. The molecule has 5 nitrogen and oxygen atoms in total. The Morgan fingerprint density at radius 1 is 1.17 bits per heavy atom. The third kappa shape index (κ3) is 4.36. The first kappa shape index (κ1) is 20.4. The second kappa shape index (κ2) is 8.48. The molecule has 154 valence electrons. The first-order valence-corrected chi connectivity index (χ1v) is 11.8. The summed E-state index contributed by atoms with van der Waals surface area (Å²) in [5.74, 6) is 0.185. The fraction of sp³-hybridized carbons (Fsp3) is 0.364. The summed E-state index contributed by atoms with van der Waals surface area (Å²) in [5.41, 5.74) is 2.96. The highest BCUT2D eigenvalue weighted by Crippen LogP contribution is 2.34. The number of hydrogen-bond acceptors (Lipinski definition) is 2. The number of aromatic amines is 1. The molecule has 3 aromatic rings. The third-order valence-corrected chi connectivity index (χ3v) is 7.59. The van der Waals surface area contributed by atoms with Crippen molar-refractivity contribution in [3.63, 3.8) is 0 Å². The smallest absolute Gasteiger partial charge is 0.279 e. The van der Waals surface area contributed by atoms with E-state index in [1.54, 1.807) is 4.31 Å². The number of fused-ring (bicyclic) bond motifs is 1. The van der Waals surface area contributed by atoms with Crippen LogP contribution in [0.1, 0.15) is 36.8 Å². The fourth-order valence-electron chi connectivity index (χ4n) is 4.17. The Labute approximate surface area is 177 Å². The summed E-state index contributed by atoms with van der Waals surface area (Å²) in [6.07, 6.45) is 3.93. The highest BCUT2D eigenvalue weighted by molar-refractivity contribution is 7.87. The number of nitrogens with one attached hydrogen (secondary N) is 2. The number of H-pyrrole nitrogens is 1. The van der Waals surface area contributed by atoms with Crippen LogP contribution in [0.4, 0.5) is 0 Å². The van der Waals surface area contributed by atoms with Gasteiger partial charge in [-0.1, -0.05) is 54.9 Å². The van der Waals surface area contributed by atoms with Gasteiger partial charge < -0.3 is 4.98 Å². The first-order valence-electron chi connectivity index (χ1n) is 10.0. The van der Waals surface area contributed by atoms with Crippen molar-refractivity contribution in [3.05, 3.63) is 70.9 Å². The Morgan fingerprint density at radius 2 is 1.93 bits per heavy atom. The topological polar surface area (TPSA) is 65.2 Å². The average molecular weight is 432 g/mol. The van der Waals surface area contributed by atoms with E-state index in [1.165, 1.54) is 0 Å². The van der Waals surface area contributed by atoms with Crippen molar-refractivity contribution in [1.82, 2.24) is 14.0 Å². The molecule has 2 heterocycles. The van der Waals surface area contributed by atoms with Gasteiger partial charge in [-0.05, 0) is 42.0 Å². The Morgan fingerprint density at radius 3 is 2.72 bits per heavy atom. The predicted octanol–water partition coefficient (Wildman–Crippen LogP) is 4.52. The number of nitrogens with zero attached hydrogens (tertiary/aromatic N) is 1. The molecule has 0 bridgehead atoms. The zero-order valence-corrected chi connectivity index (χ0v) is 18.0. The summed E-state index contributed by atoms with van der Waals surface area (Å²) in [6, 6.07) is 15.7. The van der Waals surface area contributed by atoms with Gasteiger partial charge in [-0.3, -0.25) is 0 Å². The lowest BCUT2D eigenvalue weighted by molar-refractivity contribution is 0.278. The number of benzene rings is 2. The molecule has 0 amide bonds. The molecular formula is C22H26ClN3O2S. The van der Waals surface area contributed by atoms with Crippen molar-refractivity contribution >= 4 is 32.7 Å². The molecular weight excluding hydrogens is 406 g/mol. The van der Waals surface area contributed by atoms with Gasteiger partial charge in [-0.25, -0.2) is 4.72 Å². The van der Waals surface area contributed by atoms with Gasteiger partial charge in [0.2, 0.25) is 0 Å². The molecule has 2 atom stereocenters. The molecule has 4 rings (SSSR count). The molecule has 2 aromatic carbocycles. The fourth-order valence-corrected chi connectivity index (χ4v) is 5.82. The van der Waals surface area contributed by atoms with Gasteiger partial charge in [-0.15, -0.1) is 0 Å². The monoisotopic (exact) mass is 431 g/mol. The zero-order chi connectivity index (χ0) is 20.4. The summed E-state index contributed by atoms with van der Waals surface area (Å²) in [6.45, 7) is 3.49. The van der Waals surface area contributed by atoms with Crippen molar-refractivity contribution in [2.24, 2.45) is 5.92 Å². The number of rotatable bonds is 6. The van der Waals surface area contributed by atoms with Crippen LogP contribution < -0.4 is 4.72 Å². The minimum absolute atomic E-state index is 0.197. The lowest BCUT2D eigenvalue weighted by Crippen LogP contribution is -2.46. The van der Waals surface area contributed by atoms with Crippen LogP contribution in [0.5, 0.6) is 0 Å². The Hall–Kier alpha value is -1.86. The maximum atomic E-state index is 13.0. The van der Waals surface area contributed by atoms with Crippen LogP contribution in [0.3, 0.4) is 0 Å². The molecule has 7 heteroatoms. The number of hydrogen-bond donors (Lipinski definition) is 2. The van der Waals surface area contributed by atoms with E-state index in [4.69, 9.17) is 11.6 Å². The summed E-state index contributed by atoms with van der Waals surface area (Å²) in [4.78, 5) is 3.29. The number of piperidine rings is 1. The van der Waals surface area contributed by atoms with Crippen LogP contribution in [0, 0.1) is 5.92 Å². The summed E-state index contributed by atoms with van der Waals surface area (Å²) < 4.78 is 30.3. The van der Waals surface area contributed by atoms with Crippen LogP contribution in [0.25, 0.3) is 10.9 Å². The molecule has 0 radical (unpaired) electrons. The Balaban J connectivity index is 1.66. The van der Waals surface area contributed by atoms with Crippen LogP contribution in [-0.4, -0.2) is 37.3 Å². The van der Waals surface area contributed by atoms with E-state index in [0.29, 0.717) is 24.0 Å². The van der Waals surface area contributed by atoms with Crippen LogP contribution >= 0.6 is 11.6 Å². The highest BCUT2D eigenvalue weighted by atomic mass is 35.5. The normalized spacial score (nSPS) is 19.4. The van der Waals surface area contributed by atoms with Crippen molar-refractivity contribution in [3.8, 4) is 0 Å². The Bertz CT molecular complexity index is 1100. The van der Waals surface area contributed by atoms with E-state index in [0.717, 1.165) is 34.9 Å². The molecule has 1 fully saturated rings. The molecule has 2 N–H and O–H groups in total.